The van der Waals surface area contributed by atoms with E-state index < -0.39 is 10.0 Å². The summed E-state index contributed by atoms with van der Waals surface area (Å²) in [7, 11) is -3.67. The van der Waals surface area contributed by atoms with Crippen molar-refractivity contribution in [3.63, 3.8) is 0 Å². The minimum atomic E-state index is -3.67. The van der Waals surface area contributed by atoms with Gasteiger partial charge in [0, 0.05) is 17.2 Å². The Morgan fingerprint density at radius 1 is 1.35 bits per heavy atom. The molecule has 0 radical (unpaired) electrons. The smallest absolute Gasteiger partial charge is 0.280 e. The van der Waals surface area contributed by atoms with Crippen LogP contribution in [0.2, 0.25) is 0 Å². The number of hydrogen-bond donors (Lipinski definition) is 1. The predicted molar refractivity (Wildman–Crippen MR) is 82.3 cm³/mol. The second-order valence-electron chi connectivity index (χ2n) is 4.50. The summed E-state index contributed by atoms with van der Waals surface area (Å²) >= 11 is 3.35. The minimum Gasteiger partial charge on any atom is -0.334 e. The van der Waals surface area contributed by atoms with Crippen LogP contribution in [0, 0.1) is 13.8 Å². The summed E-state index contributed by atoms with van der Waals surface area (Å²) in [5.41, 5.74) is 1.55. The van der Waals surface area contributed by atoms with Crippen molar-refractivity contribution in [2.75, 3.05) is 4.72 Å². The van der Waals surface area contributed by atoms with Gasteiger partial charge in [-0.25, -0.2) is 4.98 Å². The first kappa shape index (κ1) is 15.1. The number of imidazole rings is 1. The molecule has 0 saturated carbocycles. The quantitative estimate of drug-likeness (QED) is 0.914. The van der Waals surface area contributed by atoms with Crippen LogP contribution in [0.25, 0.3) is 0 Å². The molecular formula is C13H16BrN3O2S. The molecular weight excluding hydrogens is 342 g/mol. The molecule has 0 spiro atoms. The Kier molecular flexibility index (Phi) is 4.19. The van der Waals surface area contributed by atoms with E-state index >= 15 is 0 Å². The first-order valence-electron chi connectivity index (χ1n) is 6.16. The maximum Gasteiger partial charge on any atom is 0.280 e. The molecule has 108 valence electrons. The van der Waals surface area contributed by atoms with E-state index in [1.165, 1.54) is 0 Å². The van der Waals surface area contributed by atoms with Crippen molar-refractivity contribution >= 4 is 31.6 Å². The van der Waals surface area contributed by atoms with Crippen molar-refractivity contribution < 1.29 is 8.42 Å². The van der Waals surface area contributed by atoms with Crippen molar-refractivity contribution in [3.8, 4) is 0 Å². The standard InChI is InChI=1S/C13H16BrN3O2S/c1-4-17-8-13(15-10(17)3)20(18,19)16-12-6-5-9(2)7-11(12)14/h5-8,16H,4H2,1-3H3. The molecule has 0 atom stereocenters. The van der Waals surface area contributed by atoms with Gasteiger partial charge >= 0.3 is 0 Å². The van der Waals surface area contributed by atoms with Crippen LogP contribution >= 0.6 is 15.9 Å². The summed E-state index contributed by atoms with van der Waals surface area (Å²) in [5.74, 6) is 0.677. The zero-order valence-corrected chi connectivity index (χ0v) is 13.9. The molecule has 0 amide bonds. The zero-order chi connectivity index (χ0) is 14.9. The van der Waals surface area contributed by atoms with Gasteiger partial charge in [-0.15, -0.1) is 0 Å². The monoisotopic (exact) mass is 357 g/mol. The highest BCUT2D eigenvalue weighted by molar-refractivity contribution is 9.10. The molecule has 7 heteroatoms. The SMILES string of the molecule is CCn1cc(S(=O)(=O)Nc2ccc(C)cc2Br)nc1C. The highest BCUT2D eigenvalue weighted by Gasteiger charge is 2.20. The van der Waals surface area contributed by atoms with Gasteiger partial charge in [0.2, 0.25) is 0 Å². The average molecular weight is 358 g/mol. The largest absolute Gasteiger partial charge is 0.334 e. The molecule has 2 aromatic rings. The van der Waals surface area contributed by atoms with Crippen molar-refractivity contribution in [1.29, 1.82) is 0 Å². The van der Waals surface area contributed by atoms with E-state index in [1.807, 2.05) is 26.0 Å². The summed E-state index contributed by atoms with van der Waals surface area (Å²) in [6, 6.07) is 5.42. The van der Waals surface area contributed by atoms with E-state index in [0.717, 1.165) is 5.56 Å². The van der Waals surface area contributed by atoms with Gasteiger partial charge in [0.25, 0.3) is 10.0 Å². The fraction of sp³-hybridized carbons (Fsp3) is 0.308. The van der Waals surface area contributed by atoms with Crippen LogP contribution in [0.15, 0.2) is 33.9 Å². The van der Waals surface area contributed by atoms with Crippen LogP contribution in [0.4, 0.5) is 5.69 Å². The number of nitrogens with one attached hydrogen (secondary N) is 1. The molecule has 1 heterocycles. The number of rotatable bonds is 4. The van der Waals surface area contributed by atoms with Gasteiger partial charge in [-0.05, 0) is 54.4 Å². The zero-order valence-electron chi connectivity index (χ0n) is 11.5. The maximum atomic E-state index is 12.3. The summed E-state index contributed by atoms with van der Waals surface area (Å²) in [4.78, 5) is 4.09. The lowest BCUT2D eigenvalue weighted by molar-refractivity contribution is 0.598. The predicted octanol–water partition coefficient (Wildman–Crippen LogP) is 3.08. The minimum absolute atomic E-state index is 0.0318. The molecule has 20 heavy (non-hydrogen) atoms. The number of anilines is 1. The Hall–Kier alpha value is -1.34. The first-order valence-corrected chi connectivity index (χ1v) is 8.44. The number of aromatic nitrogens is 2. The normalized spacial score (nSPS) is 11.6. The summed E-state index contributed by atoms with van der Waals surface area (Å²) < 4.78 is 29.7. The highest BCUT2D eigenvalue weighted by atomic mass is 79.9. The molecule has 1 aromatic heterocycles. The third kappa shape index (κ3) is 3.04. The maximum absolute atomic E-state index is 12.3. The van der Waals surface area contributed by atoms with Crippen molar-refractivity contribution in [3.05, 3.63) is 40.3 Å². The lowest BCUT2D eigenvalue weighted by atomic mass is 10.2. The van der Waals surface area contributed by atoms with Crippen LogP contribution in [0.5, 0.6) is 0 Å². The molecule has 0 aliphatic heterocycles. The van der Waals surface area contributed by atoms with Gasteiger partial charge in [0.15, 0.2) is 5.03 Å². The van der Waals surface area contributed by atoms with Gasteiger partial charge in [-0.1, -0.05) is 6.07 Å². The number of sulfonamides is 1. The van der Waals surface area contributed by atoms with Crippen LogP contribution in [0.3, 0.4) is 0 Å². The second kappa shape index (κ2) is 5.57. The number of benzene rings is 1. The number of nitrogens with zero attached hydrogens (tertiary/aromatic N) is 2. The molecule has 0 bridgehead atoms. The fourth-order valence-electron chi connectivity index (χ4n) is 1.83. The second-order valence-corrected chi connectivity index (χ2v) is 6.98. The molecule has 0 fully saturated rings. The van der Waals surface area contributed by atoms with Gasteiger partial charge in [0.05, 0.1) is 5.69 Å². The summed E-state index contributed by atoms with van der Waals surface area (Å²) in [6.07, 6.45) is 1.54. The average Bonchev–Trinajstić information content (AvgIpc) is 2.75. The van der Waals surface area contributed by atoms with Gasteiger partial charge in [-0.2, -0.15) is 8.42 Å². The molecule has 0 saturated heterocycles. The number of hydrogen-bond acceptors (Lipinski definition) is 3. The van der Waals surface area contributed by atoms with E-state index in [4.69, 9.17) is 0 Å². The summed E-state index contributed by atoms with van der Waals surface area (Å²) in [6.45, 7) is 6.34. The molecule has 2 rings (SSSR count). The van der Waals surface area contributed by atoms with Crippen LogP contribution < -0.4 is 4.72 Å². The van der Waals surface area contributed by atoms with Crippen molar-refractivity contribution in [2.24, 2.45) is 0 Å². The van der Waals surface area contributed by atoms with E-state index in [1.54, 1.807) is 23.8 Å². The highest BCUT2D eigenvalue weighted by Crippen LogP contribution is 2.25. The molecule has 5 nitrogen and oxygen atoms in total. The number of aryl methyl sites for hydroxylation is 3. The third-order valence-electron chi connectivity index (χ3n) is 2.94. The fourth-order valence-corrected chi connectivity index (χ4v) is 3.64. The van der Waals surface area contributed by atoms with Gasteiger partial charge in [0.1, 0.15) is 5.82 Å². The van der Waals surface area contributed by atoms with Crippen LogP contribution in [0.1, 0.15) is 18.3 Å². The first-order chi connectivity index (χ1) is 9.33. The van der Waals surface area contributed by atoms with Crippen LogP contribution in [-0.4, -0.2) is 18.0 Å². The van der Waals surface area contributed by atoms with Gasteiger partial charge < -0.3 is 4.57 Å². The topological polar surface area (TPSA) is 64.0 Å². The van der Waals surface area contributed by atoms with E-state index in [9.17, 15) is 8.42 Å². The van der Waals surface area contributed by atoms with Gasteiger partial charge in [-0.3, -0.25) is 4.72 Å². The number of halogens is 1. The van der Waals surface area contributed by atoms with Crippen molar-refractivity contribution in [2.45, 2.75) is 32.3 Å². The molecule has 0 unspecified atom stereocenters. The Labute approximate surface area is 127 Å². The van der Waals surface area contributed by atoms with Crippen molar-refractivity contribution in [1.82, 2.24) is 9.55 Å². The molecule has 0 aliphatic rings. The molecule has 1 N–H and O–H groups in total. The Morgan fingerprint density at radius 3 is 2.60 bits per heavy atom. The Balaban J connectivity index is 2.35. The van der Waals surface area contributed by atoms with Crippen LogP contribution in [-0.2, 0) is 16.6 Å². The molecule has 0 aliphatic carbocycles. The van der Waals surface area contributed by atoms with E-state index in [-0.39, 0.29) is 5.03 Å². The third-order valence-corrected chi connectivity index (χ3v) is 4.83. The summed E-state index contributed by atoms with van der Waals surface area (Å²) in [5, 5.41) is 0.0318. The Bertz CT molecular complexity index is 738. The van der Waals surface area contributed by atoms with E-state index in [0.29, 0.717) is 22.5 Å². The van der Waals surface area contributed by atoms with E-state index in [2.05, 4.69) is 25.6 Å². The Morgan fingerprint density at radius 2 is 2.05 bits per heavy atom. The lowest BCUT2D eigenvalue weighted by Crippen LogP contribution is -2.13. The molecule has 1 aromatic carbocycles. The lowest BCUT2D eigenvalue weighted by Gasteiger charge is -2.08.